The van der Waals surface area contributed by atoms with Crippen LogP contribution in [0.15, 0.2) is 34.9 Å². The standard InChI is InChI=1S/C11H11N3OS/c1-14-5-4-13-11(14)8-12-7-9(15)10-3-2-6-16-10/h2-6,8H,7H2,1H3. The number of imidazole rings is 1. The molecule has 0 bridgehead atoms. The van der Waals surface area contributed by atoms with Crippen molar-refractivity contribution in [1.29, 1.82) is 0 Å². The molecule has 82 valence electrons. The SMILES string of the molecule is Cn1ccnc1C=NCC(=O)c1cccs1. The van der Waals surface area contributed by atoms with Crippen molar-refractivity contribution in [1.82, 2.24) is 9.55 Å². The minimum Gasteiger partial charge on any atom is -0.333 e. The number of hydrogen-bond donors (Lipinski definition) is 0. The van der Waals surface area contributed by atoms with Crippen LogP contribution in [0.25, 0.3) is 0 Å². The molecule has 5 heteroatoms. The van der Waals surface area contributed by atoms with Crippen LogP contribution in [0.5, 0.6) is 0 Å². The highest BCUT2D eigenvalue weighted by Crippen LogP contribution is 2.09. The molecule has 2 aromatic rings. The van der Waals surface area contributed by atoms with Gasteiger partial charge in [-0.05, 0) is 11.4 Å². The van der Waals surface area contributed by atoms with Crippen LogP contribution in [-0.2, 0) is 7.05 Å². The lowest BCUT2D eigenvalue weighted by Gasteiger charge is -1.93. The molecule has 0 saturated carbocycles. The molecule has 0 aliphatic heterocycles. The summed E-state index contributed by atoms with van der Waals surface area (Å²) in [6.07, 6.45) is 5.15. The molecule has 0 spiro atoms. The van der Waals surface area contributed by atoms with Gasteiger partial charge in [-0.2, -0.15) is 0 Å². The summed E-state index contributed by atoms with van der Waals surface area (Å²) in [7, 11) is 1.88. The molecule has 4 nitrogen and oxygen atoms in total. The van der Waals surface area contributed by atoms with E-state index in [0.717, 1.165) is 10.7 Å². The zero-order chi connectivity index (χ0) is 11.4. The van der Waals surface area contributed by atoms with E-state index in [9.17, 15) is 4.79 Å². The normalized spacial score (nSPS) is 11.1. The summed E-state index contributed by atoms with van der Waals surface area (Å²) in [5, 5.41) is 1.88. The summed E-state index contributed by atoms with van der Waals surface area (Å²) in [4.78, 5) is 20.5. The Morgan fingerprint density at radius 1 is 1.69 bits per heavy atom. The second-order valence-electron chi connectivity index (χ2n) is 3.27. The van der Waals surface area contributed by atoms with Crippen LogP contribution >= 0.6 is 11.3 Å². The van der Waals surface area contributed by atoms with Gasteiger partial charge in [0.2, 0.25) is 0 Å². The lowest BCUT2D eigenvalue weighted by atomic mass is 10.3. The first-order chi connectivity index (χ1) is 7.77. The highest BCUT2D eigenvalue weighted by Gasteiger charge is 2.04. The van der Waals surface area contributed by atoms with Crippen molar-refractivity contribution in [2.75, 3.05) is 6.54 Å². The third-order valence-electron chi connectivity index (χ3n) is 2.10. The van der Waals surface area contributed by atoms with E-state index >= 15 is 0 Å². The summed E-state index contributed by atoms with van der Waals surface area (Å²) >= 11 is 1.44. The van der Waals surface area contributed by atoms with Gasteiger partial charge < -0.3 is 4.57 Å². The molecule has 0 N–H and O–H groups in total. The predicted molar refractivity (Wildman–Crippen MR) is 64.3 cm³/mol. The van der Waals surface area contributed by atoms with Crippen LogP contribution < -0.4 is 0 Å². The largest absolute Gasteiger partial charge is 0.333 e. The summed E-state index contributed by atoms with van der Waals surface area (Å²) in [5.74, 6) is 0.791. The van der Waals surface area contributed by atoms with Gasteiger partial charge in [-0.15, -0.1) is 11.3 Å². The molecule has 2 aromatic heterocycles. The summed E-state index contributed by atoms with van der Waals surface area (Å²) < 4.78 is 1.85. The Bertz CT molecular complexity index is 499. The molecule has 2 rings (SSSR count). The first-order valence-electron chi connectivity index (χ1n) is 4.81. The highest BCUT2D eigenvalue weighted by atomic mass is 32.1. The third-order valence-corrected chi connectivity index (χ3v) is 3.01. The highest BCUT2D eigenvalue weighted by molar-refractivity contribution is 7.12. The summed E-state index contributed by atoms with van der Waals surface area (Å²) in [6.45, 7) is 0.174. The van der Waals surface area contributed by atoms with Crippen molar-refractivity contribution in [3.63, 3.8) is 0 Å². The van der Waals surface area contributed by atoms with Crippen molar-refractivity contribution < 1.29 is 4.79 Å². The van der Waals surface area contributed by atoms with Crippen molar-refractivity contribution >= 4 is 23.3 Å². The Morgan fingerprint density at radius 2 is 2.56 bits per heavy atom. The Hall–Kier alpha value is -1.75. The number of rotatable bonds is 4. The number of aryl methyl sites for hydroxylation is 1. The van der Waals surface area contributed by atoms with E-state index in [1.807, 2.05) is 35.3 Å². The smallest absolute Gasteiger partial charge is 0.194 e. The number of carbonyl (C=O) groups is 1. The first kappa shape index (κ1) is 10.8. The molecular weight excluding hydrogens is 222 g/mol. The number of ketones is 1. The second kappa shape index (κ2) is 4.85. The monoisotopic (exact) mass is 233 g/mol. The number of hydrogen-bond acceptors (Lipinski definition) is 4. The van der Waals surface area contributed by atoms with Crippen LogP contribution in [0.1, 0.15) is 15.5 Å². The molecule has 16 heavy (non-hydrogen) atoms. The molecule has 2 heterocycles. The average molecular weight is 233 g/mol. The molecule has 0 aliphatic rings. The van der Waals surface area contributed by atoms with Gasteiger partial charge >= 0.3 is 0 Å². The van der Waals surface area contributed by atoms with E-state index < -0.39 is 0 Å². The Morgan fingerprint density at radius 3 is 3.19 bits per heavy atom. The maximum absolute atomic E-state index is 11.6. The summed E-state index contributed by atoms with van der Waals surface area (Å²) in [5.41, 5.74) is 0. The zero-order valence-electron chi connectivity index (χ0n) is 8.83. The van der Waals surface area contributed by atoms with E-state index in [0.29, 0.717) is 0 Å². The Labute approximate surface area is 97.3 Å². The van der Waals surface area contributed by atoms with E-state index in [-0.39, 0.29) is 12.3 Å². The fourth-order valence-electron chi connectivity index (χ4n) is 1.23. The van der Waals surface area contributed by atoms with Gasteiger partial charge in [0.1, 0.15) is 12.4 Å². The fraction of sp³-hybridized carbons (Fsp3) is 0.182. The molecule has 0 amide bonds. The maximum Gasteiger partial charge on any atom is 0.194 e. The van der Waals surface area contributed by atoms with Crippen molar-refractivity contribution in [2.45, 2.75) is 0 Å². The van der Waals surface area contributed by atoms with E-state index in [1.54, 1.807) is 12.4 Å². The van der Waals surface area contributed by atoms with Gasteiger partial charge in [-0.3, -0.25) is 9.79 Å². The van der Waals surface area contributed by atoms with Gasteiger partial charge in [0.25, 0.3) is 0 Å². The molecule has 0 radical (unpaired) electrons. The number of aromatic nitrogens is 2. The number of nitrogens with zero attached hydrogens (tertiary/aromatic N) is 3. The molecule has 0 aliphatic carbocycles. The molecule has 0 unspecified atom stereocenters. The van der Waals surface area contributed by atoms with Gasteiger partial charge in [-0.1, -0.05) is 6.07 Å². The first-order valence-corrected chi connectivity index (χ1v) is 5.69. The third kappa shape index (κ3) is 2.43. The van der Waals surface area contributed by atoms with Crippen molar-refractivity contribution in [2.24, 2.45) is 12.0 Å². The number of thiophene rings is 1. The predicted octanol–water partition coefficient (Wildman–Crippen LogP) is 1.78. The molecular formula is C11H11N3OS. The van der Waals surface area contributed by atoms with Crippen molar-refractivity contribution in [3.8, 4) is 0 Å². The molecule has 0 saturated heterocycles. The van der Waals surface area contributed by atoms with E-state index in [2.05, 4.69) is 9.98 Å². The minimum absolute atomic E-state index is 0.0421. The summed E-state index contributed by atoms with van der Waals surface area (Å²) in [6, 6.07) is 3.67. The van der Waals surface area contributed by atoms with Gasteiger partial charge in [0, 0.05) is 19.4 Å². The topological polar surface area (TPSA) is 47.2 Å². The van der Waals surface area contributed by atoms with Gasteiger partial charge in [-0.25, -0.2) is 4.98 Å². The van der Waals surface area contributed by atoms with Crippen LogP contribution in [0, 0.1) is 0 Å². The van der Waals surface area contributed by atoms with Crippen LogP contribution in [0.3, 0.4) is 0 Å². The lowest BCUT2D eigenvalue weighted by molar-refractivity contribution is 0.101. The van der Waals surface area contributed by atoms with Gasteiger partial charge in [0.05, 0.1) is 11.1 Å². The number of carbonyl (C=O) groups excluding carboxylic acids is 1. The maximum atomic E-state index is 11.6. The molecule has 0 aromatic carbocycles. The lowest BCUT2D eigenvalue weighted by Crippen LogP contribution is -2.02. The van der Waals surface area contributed by atoms with E-state index in [1.165, 1.54) is 11.3 Å². The van der Waals surface area contributed by atoms with Crippen LogP contribution in [-0.4, -0.2) is 28.1 Å². The number of aliphatic imine (C=N–C) groups is 1. The number of Topliss-reactive ketones (excluding diaryl/α,β-unsaturated/α-hetero) is 1. The quantitative estimate of drug-likeness (QED) is 0.597. The van der Waals surface area contributed by atoms with Crippen LogP contribution in [0.4, 0.5) is 0 Å². The van der Waals surface area contributed by atoms with Crippen molar-refractivity contribution in [3.05, 3.63) is 40.6 Å². The molecule has 0 atom stereocenters. The van der Waals surface area contributed by atoms with E-state index in [4.69, 9.17) is 0 Å². The fourth-order valence-corrected chi connectivity index (χ4v) is 1.88. The second-order valence-corrected chi connectivity index (χ2v) is 4.21. The van der Waals surface area contributed by atoms with Crippen LogP contribution in [0.2, 0.25) is 0 Å². The molecule has 0 fully saturated rings. The Kier molecular flexibility index (Phi) is 3.26. The zero-order valence-corrected chi connectivity index (χ0v) is 9.65. The van der Waals surface area contributed by atoms with Gasteiger partial charge in [0.15, 0.2) is 5.78 Å². The average Bonchev–Trinajstić information content (AvgIpc) is 2.90. The Balaban J connectivity index is 1.96. The minimum atomic E-state index is 0.0421.